The third kappa shape index (κ3) is 4.54. The molecule has 3 saturated heterocycles. The average molecular weight is 478 g/mol. The van der Waals surface area contributed by atoms with E-state index in [9.17, 15) is 9.59 Å². The average Bonchev–Trinajstić information content (AvgIpc) is 3.35. The highest BCUT2D eigenvalue weighted by molar-refractivity contribution is 5.96. The van der Waals surface area contributed by atoms with Crippen LogP contribution in [0, 0.1) is 11.8 Å². The van der Waals surface area contributed by atoms with Crippen molar-refractivity contribution in [2.75, 3.05) is 11.4 Å². The lowest BCUT2D eigenvalue weighted by Crippen LogP contribution is -2.63. The second-order valence-corrected chi connectivity index (χ2v) is 12.3. The molecule has 2 saturated carbocycles. The number of carbonyl (C=O) groups excluding carboxylic acids is 2. The summed E-state index contributed by atoms with van der Waals surface area (Å²) in [5, 5.41) is 0. The van der Waals surface area contributed by atoms with E-state index >= 15 is 0 Å². The van der Waals surface area contributed by atoms with E-state index in [1.165, 1.54) is 57.8 Å². The first-order chi connectivity index (χ1) is 17.1. The van der Waals surface area contributed by atoms with Crippen molar-refractivity contribution in [3.05, 3.63) is 30.3 Å². The fraction of sp³-hybridized carbons (Fsp3) is 0.733. The Kier molecular flexibility index (Phi) is 6.64. The number of rotatable bonds is 4. The molecule has 190 valence electrons. The van der Waals surface area contributed by atoms with Crippen molar-refractivity contribution in [3.63, 3.8) is 0 Å². The number of Topliss-reactive ketones (excluding diaryl/α,β-unsaturated/α-hetero) is 1. The Hall–Kier alpha value is -1.88. The van der Waals surface area contributed by atoms with Gasteiger partial charge in [-0.25, -0.2) is 4.79 Å². The van der Waals surface area contributed by atoms with Gasteiger partial charge < -0.3 is 4.90 Å². The summed E-state index contributed by atoms with van der Waals surface area (Å²) in [7, 11) is 0. The molecule has 2 amide bonds. The molecule has 5 atom stereocenters. The summed E-state index contributed by atoms with van der Waals surface area (Å²) >= 11 is 0. The number of anilines is 1. The summed E-state index contributed by atoms with van der Waals surface area (Å²) in [5.41, 5.74) is 0.996. The number of hydrogen-bond acceptors (Lipinski definition) is 3. The molecule has 5 nitrogen and oxygen atoms in total. The minimum atomic E-state index is -0.255. The van der Waals surface area contributed by atoms with Gasteiger partial charge in [-0.3, -0.25) is 14.6 Å². The molecule has 0 spiro atoms. The predicted octanol–water partition coefficient (Wildman–Crippen LogP) is 6.02. The number of urea groups is 1. The van der Waals surface area contributed by atoms with Crippen molar-refractivity contribution < 1.29 is 9.59 Å². The number of nitrogens with zero attached hydrogens (tertiary/aromatic N) is 3. The topological polar surface area (TPSA) is 43.9 Å². The van der Waals surface area contributed by atoms with Gasteiger partial charge in [-0.2, -0.15) is 0 Å². The number of amides is 2. The summed E-state index contributed by atoms with van der Waals surface area (Å²) in [4.78, 5) is 33.4. The second-order valence-electron chi connectivity index (χ2n) is 12.3. The highest BCUT2D eigenvalue weighted by Gasteiger charge is 2.47. The van der Waals surface area contributed by atoms with Crippen LogP contribution in [0.25, 0.3) is 0 Å². The van der Waals surface area contributed by atoms with E-state index in [2.05, 4.69) is 21.9 Å². The van der Waals surface area contributed by atoms with Crippen molar-refractivity contribution >= 4 is 17.5 Å². The molecular weight excluding hydrogens is 434 g/mol. The van der Waals surface area contributed by atoms with Gasteiger partial charge in [-0.15, -0.1) is 0 Å². The molecule has 35 heavy (non-hydrogen) atoms. The molecular formula is C30H43N3O2. The van der Waals surface area contributed by atoms with E-state index in [-0.39, 0.29) is 23.9 Å². The molecule has 5 unspecified atom stereocenters. The Bertz CT molecular complexity index is 893. The molecule has 0 N–H and O–H groups in total. The van der Waals surface area contributed by atoms with Crippen LogP contribution in [-0.4, -0.2) is 58.4 Å². The summed E-state index contributed by atoms with van der Waals surface area (Å²) in [5.74, 6) is 2.03. The van der Waals surface area contributed by atoms with Crippen molar-refractivity contribution in [1.82, 2.24) is 9.80 Å². The molecule has 2 aliphatic carbocycles. The fourth-order valence-electron chi connectivity index (χ4n) is 8.76. The standard InChI is InChI=1S/C30H43N3O2/c1-21(34)29-14-7-15-31(29)30(35)33(24-10-3-2-4-11-24)28-19-25-12-6-13-26(20-28)32(25)27-17-22-8-5-9-23(16-22)18-27/h2-4,10-11,22-23,25-29H,5-9,12-20H2,1H3. The number of carbonyl (C=O) groups is 2. The fourth-order valence-corrected chi connectivity index (χ4v) is 8.76. The molecule has 3 aliphatic heterocycles. The van der Waals surface area contributed by atoms with Crippen molar-refractivity contribution in [2.24, 2.45) is 11.8 Å². The zero-order valence-electron chi connectivity index (χ0n) is 21.5. The third-order valence-corrected chi connectivity index (χ3v) is 10.1. The van der Waals surface area contributed by atoms with Crippen LogP contribution in [0.2, 0.25) is 0 Å². The van der Waals surface area contributed by atoms with Crippen LogP contribution >= 0.6 is 0 Å². The quantitative estimate of drug-likeness (QED) is 0.533. The Balaban J connectivity index is 1.26. The lowest BCUT2D eigenvalue weighted by Gasteiger charge is -2.56. The first-order valence-electron chi connectivity index (χ1n) is 14.5. The second kappa shape index (κ2) is 9.88. The third-order valence-electron chi connectivity index (χ3n) is 10.1. The molecule has 5 heteroatoms. The van der Waals surface area contributed by atoms with Gasteiger partial charge >= 0.3 is 6.03 Å². The normalized spacial score (nSPS) is 37.2. The largest absolute Gasteiger partial charge is 0.325 e. The van der Waals surface area contributed by atoms with Crippen LogP contribution in [-0.2, 0) is 4.79 Å². The first-order valence-corrected chi connectivity index (χ1v) is 14.5. The number of ketones is 1. The lowest BCUT2D eigenvalue weighted by atomic mass is 9.68. The monoisotopic (exact) mass is 477 g/mol. The maximum absolute atomic E-state index is 14.1. The molecule has 0 aromatic heterocycles. The molecule has 5 fully saturated rings. The minimum absolute atomic E-state index is 0.0534. The Morgan fingerprint density at radius 2 is 1.43 bits per heavy atom. The number of benzene rings is 1. The molecule has 6 rings (SSSR count). The zero-order chi connectivity index (χ0) is 23.9. The van der Waals surface area contributed by atoms with Gasteiger partial charge in [0.25, 0.3) is 0 Å². The van der Waals surface area contributed by atoms with Crippen molar-refractivity contribution in [3.8, 4) is 0 Å². The van der Waals surface area contributed by atoms with E-state index in [1.807, 2.05) is 23.1 Å². The van der Waals surface area contributed by atoms with Crippen LogP contribution in [0.1, 0.15) is 90.4 Å². The molecule has 1 aromatic carbocycles. The van der Waals surface area contributed by atoms with Crippen LogP contribution in [0.5, 0.6) is 0 Å². The number of fused-ring (bicyclic) bond motifs is 4. The van der Waals surface area contributed by atoms with Gasteiger partial charge in [0.1, 0.15) is 0 Å². The molecule has 0 radical (unpaired) electrons. The van der Waals surface area contributed by atoms with Gasteiger partial charge in [0.05, 0.1) is 6.04 Å². The summed E-state index contributed by atoms with van der Waals surface area (Å²) in [6, 6.07) is 12.2. The number of hydrogen-bond donors (Lipinski definition) is 0. The number of piperidine rings is 2. The highest BCUT2D eigenvalue weighted by atomic mass is 16.2. The Labute approximate surface area is 211 Å². The Morgan fingerprint density at radius 3 is 2.09 bits per heavy atom. The molecule has 1 aromatic rings. The van der Waals surface area contributed by atoms with E-state index in [4.69, 9.17) is 0 Å². The first kappa shape index (κ1) is 23.5. The number of para-hydroxylation sites is 1. The van der Waals surface area contributed by atoms with Gasteiger partial charge in [-0.05, 0) is 88.7 Å². The smallest absolute Gasteiger partial charge is 0.314 e. The highest BCUT2D eigenvalue weighted by Crippen LogP contribution is 2.46. The van der Waals surface area contributed by atoms with Gasteiger partial charge in [0, 0.05) is 36.4 Å². The Morgan fingerprint density at radius 1 is 0.771 bits per heavy atom. The van der Waals surface area contributed by atoms with Gasteiger partial charge in [0.15, 0.2) is 5.78 Å². The van der Waals surface area contributed by atoms with Gasteiger partial charge in [0.2, 0.25) is 0 Å². The predicted molar refractivity (Wildman–Crippen MR) is 139 cm³/mol. The maximum Gasteiger partial charge on any atom is 0.325 e. The van der Waals surface area contributed by atoms with E-state index in [0.717, 1.165) is 49.2 Å². The molecule has 4 bridgehead atoms. The van der Waals surface area contributed by atoms with Crippen LogP contribution < -0.4 is 4.90 Å². The maximum atomic E-state index is 14.1. The number of likely N-dealkylation sites (tertiary alicyclic amines) is 1. The van der Waals surface area contributed by atoms with Crippen LogP contribution in [0.15, 0.2) is 30.3 Å². The lowest BCUT2D eigenvalue weighted by molar-refractivity contribution is -0.120. The van der Waals surface area contributed by atoms with E-state index < -0.39 is 0 Å². The summed E-state index contributed by atoms with van der Waals surface area (Å²) in [6.07, 6.45) is 16.4. The summed E-state index contributed by atoms with van der Waals surface area (Å²) < 4.78 is 0. The SMILES string of the molecule is CC(=O)C1CCCN1C(=O)N(c1ccccc1)C1CC2CCCC(C1)N2C1CC2CCCC(C2)C1. The van der Waals surface area contributed by atoms with Gasteiger partial charge in [-0.1, -0.05) is 43.9 Å². The van der Waals surface area contributed by atoms with Crippen molar-refractivity contribution in [2.45, 2.75) is 121 Å². The van der Waals surface area contributed by atoms with E-state index in [1.54, 1.807) is 6.92 Å². The van der Waals surface area contributed by atoms with Crippen LogP contribution in [0.4, 0.5) is 10.5 Å². The minimum Gasteiger partial charge on any atom is -0.314 e. The van der Waals surface area contributed by atoms with Crippen molar-refractivity contribution in [1.29, 1.82) is 0 Å². The zero-order valence-corrected chi connectivity index (χ0v) is 21.5. The molecule has 3 heterocycles. The summed E-state index contributed by atoms with van der Waals surface area (Å²) in [6.45, 7) is 2.34. The van der Waals surface area contributed by atoms with E-state index in [0.29, 0.717) is 18.6 Å². The molecule has 5 aliphatic rings. The van der Waals surface area contributed by atoms with Crippen LogP contribution in [0.3, 0.4) is 0 Å².